The van der Waals surface area contributed by atoms with Gasteiger partial charge in [-0.2, -0.15) is 0 Å². The first kappa shape index (κ1) is 19.5. The van der Waals surface area contributed by atoms with E-state index in [9.17, 15) is 0 Å². The lowest BCUT2D eigenvalue weighted by Gasteiger charge is -2.13. The maximum atomic E-state index is 4.73. The van der Waals surface area contributed by atoms with E-state index in [0.717, 1.165) is 44.3 Å². The molecule has 2 heterocycles. The normalized spacial score (nSPS) is 15.1. The summed E-state index contributed by atoms with van der Waals surface area (Å²) in [5.41, 5.74) is 1.16. The average molecular weight is 437 g/mol. The largest absolute Gasteiger partial charge is 0.357 e. The molecule has 1 fully saturated rings. The van der Waals surface area contributed by atoms with Gasteiger partial charge in [0.15, 0.2) is 11.1 Å². The fraction of sp³-hybridized carbons (Fsp3) is 0.733. The van der Waals surface area contributed by atoms with Crippen LogP contribution in [-0.2, 0) is 6.42 Å². The van der Waals surface area contributed by atoms with Crippen LogP contribution in [0, 0.1) is 0 Å². The smallest absolute Gasteiger partial charge is 0.191 e. The first-order valence-corrected chi connectivity index (χ1v) is 8.81. The Kier molecular flexibility index (Phi) is 9.08. The van der Waals surface area contributed by atoms with Crippen LogP contribution >= 0.6 is 35.3 Å². The van der Waals surface area contributed by atoms with Crippen LogP contribution in [0.25, 0.3) is 0 Å². The average Bonchev–Trinajstić information content (AvgIpc) is 3.08. The van der Waals surface area contributed by atoms with Crippen molar-refractivity contribution in [2.24, 2.45) is 4.99 Å². The Labute approximate surface area is 155 Å². The van der Waals surface area contributed by atoms with Gasteiger partial charge < -0.3 is 15.5 Å². The maximum absolute atomic E-state index is 4.73. The van der Waals surface area contributed by atoms with Gasteiger partial charge in [0.1, 0.15) is 0 Å². The van der Waals surface area contributed by atoms with E-state index in [0.29, 0.717) is 6.04 Å². The monoisotopic (exact) mass is 437 g/mol. The first-order chi connectivity index (χ1) is 10.2. The number of hydrogen-bond acceptors (Lipinski definition) is 4. The van der Waals surface area contributed by atoms with Gasteiger partial charge in [-0.05, 0) is 33.6 Å². The number of aromatic nitrogens is 1. The summed E-state index contributed by atoms with van der Waals surface area (Å²) < 4.78 is 0. The van der Waals surface area contributed by atoms with Crippen LogP contribution in [0.5, 0.6) is 0 Å². The van der Waals surface area contributed by atoms with Gasteiger partial charge in [0, 0.05) is 44.0 Å². The topological polar surface area (TPSA) is 52.6 Å². The van der Waals surface area contributed by atoms with Crippen molar-refractivity contribution in [3.05, 3.63) is 11.1 Å². The molecule has 1 aliphatic heterocycles. The van der Waals surface area contributed by atoms with E-state index in [2.05, 4.69) is 46.7 Å². The molecular formula is C15H28IN5S. The lowest BCUT2D eigenvalue weighted by Crippen LogP contribution is -2.41. The molecule has 2 rings (SSSR count). The van der Waals surface area contributed by atoms with Crippen LogP contribution in [0.2, 0.25) is 0 Å². The minimum atomic E-state index is 0. The summed E-state index contributed by atoms with van der Waals surface area (Å²) in [6, 6.07) is 0.392. The number of hydrogen-bond donors (Lipinski definition) is 2. The van der Waals surface area contributed by atoms with Crippen molar-refractivity contribution < 1.29 is 0 Å². The number of guanidine groups is 1. The molecule has 0 radical (unpaired) electrons. The van der Waals surface area contributed by atoms with Crippen molar-refractivity contribution in [3.8, 4) is 0 Å². The molecule has 1 saturated heterocycles. The Morgan fingerprint density at radius 2 is 2.14 bits per heavy atom. The first-order valence-electron chi connectivity index (χ1n) is 7.93. The minimum absolute atomic E-state index is 0. The molecule has 0 aromatic carbocycles. The van der Waals surface area contributed by atoms with Crippen LogP contribution in [0.15, 0.2) is 10.4 Å². The summed E-state index contributed by atoms with van der Waals surface area (Å²) in [6.45, 7) is 10.3. The molecule has 22 heavy (non-hydrogen) atoms. The van der Waals surface area contributed by atoms with Crippen molar-refractivity contribution in [2.75, 3.05) is 31.1 Å². The van der Waals surface area contributed by atoms with E-state index in [1.165, 1.54) is 18.0 Å². The van der Waals surface area contributed by atoms with Gasteiger partial charge in [-0.25, -0.2) is 4.98 Å². The number of anilines is 1. The molecule has 1 aromatic heterocycles. The van der Waals surface area contributed by atoms with Crippen LogP contribution in [0.3, 0.4) is 0 Å². The van der Waals surface area contributed by atoms with Crippen molar-refractivity contribution in [2.45, 2.75) is 46.1 Å². The highest BCUT2D eigenvalue weighted by molar-refractivity contribution is 14.0. The lowest BCUT2D eigenvalue weighted by atomic mass is 10.3. The zero-order valence-corrected chi connectivity index (χ0v) is 16.9. The molecule has 0 unspecified atom stereocenters. The number of halogens is 1. The molecule has 0 bridgehead atoms. The van der Waals surface area contributed by atoms with Crippen LogP contribution in [0.1, 0.15) is 39.3 Å². The van der Waals surface area contributed by atoms with Crippen molar-refractivity contribution >= 4 is 46.4 Å². The summed E-state index contributed by atoms with van der Waals surface area (Å²) >= 11 is 1.76. The highest BCUT2D eigenvalue weighted by Crippen LogP contribution is 2.24. The van der Waals surface area contributed by atoms with E-state index in [1.54, 1.807) is 11.3 Å². The second-order valence-electron chi connectivity index (χ2n) is 5.63. The molecular weight excluding hydrogens is 409 g/mol. The summed E-state index contributed by atoms with van der Waals surface area (Å²) in [5.74, 6) is 0.891. The molecule has 1 aromatic rings. The van der Waals surface area contributed by atoms with E-state index in [-0.39, 0.29) is 24.0 Å². The highest BCUT2D eigenvalue weighted by Gasteiger charge is 2.15. The predicted octanol–water partition coefficient (Wildman–Crippen LogP) is 2.87. The van der Waals surface area contributed by atoms with Gasteiger partial charge in [0.25, 0.3) is 0 Å². The van der Waals surface area contributed by atoms with Gasteiger partial charge in [-0.15, -0.1) is 35.3 Å². The van der Waals surface area contributed by atoms with E-state index >= 15 is 0 Å². The van der Waals surface area contributed by atoms with Gasteiger partial charge >= 0.3 is 0 Å². The van der Waals surface area contributed by atoms with Gasteiger partial charge in [-0.1, -0.05) is 0 Å². The van der Waals surface area contributed by atoms with Gasteiger partial charge in [0.2, 0.25) is 0 Å². The third kappa shape index (κ3) is 6.28. The zero-order valence-electron chi connectivity index (χ0n) is 13.8. The number of nitrogens with one attached hydrogen (secondary N) is 2. The second kappa shape index (κ2) is 10.3. The van der Waals surface area contributed by atoms with Crippen LogP contribution in [-0.4, -0.2) is 43.2 Å². The molecule has 2 N–H and O–H groups in total. The van der Waals surface area contributed by atoms with Gasteiger partial charge in [0.05, 0.1) is 5.69 Å². The van der Waals surface area contributed by atoms with Crippen molar-refractivity contribution in [3.63, 3.8) is 0 Å². The third-order valence-electron chi connectivity index (χ3n) is 3.32. The van der Waals surface area contributed by atoms with Crippen LogP contribution < -0.4 is 15.5 Å². The molecule has 0 saturated carbocycles. The fourth-order valence-electron chi connectivity index (χ4n) is 2.34. The Bertz CT molecular complexity index is 455. The lowest BCUT2D eigenvalue weighted by molar-refractivity contribution is 0.700. The van der Waals surface area contributed by atoms with Crippen molar-refractivity contribution in [1.29, 1.82) is 0 Å². The molecule has 126 valence electrons. The summed E-state index contributed by atoms with van der Waals surface area (Å²) in [7, 11) is 0. The standard InChI is InChI=1S/C15H27N5S.HI/c1-4-16-14(18-12(2)3)17-8-7-13-11-21-15(19-13)20-9-5-6-10-20;/h11-12H,4-10H2,1-3H3,(H2,16,17,18);1H. The highest BCUT2D eigenvalue weighted by atomic mass is 127. The molecule has 0 spiro atoms. The second-order valence-corrected chi connectivity index (χ2v) is 6.46. The van der Waals surface area contributed by atoms with E-state index < -0.39 is 0 Å². The molecule has 0 amide bonds. The number of nitrogens with zero attached hydrogens (tertiary/aromatic N) is 3. The van der Waals surface area contributed by atoms with E-state index in [1.807, 2.05) is 0 Å². The molecule has 0 atom stereocenters. The van der Waals surface area contributed by atoms with Crippen molar-refractivity contribution in [1.82, 2.24) is 15.6 Å². The number of aliphatic imine (C=N–C) groups is 1. The predicted molar refractivity (Wildman–Crippen MR) is 107 cm³/mol. The number of rotatable bonds is 6. The minimum Gasteiger partial charge on any atom is -0.357 e. The SMILES string of the molecule is CCNC(=NCCc1csc(N2CCCC2)n1)NC(C)C.I. The molecule has 0 aliphatic carbocycles. The quantitative estimate of drug-likeness (QED) is 0.408. The molecule has 5 nitrogen and oxygen atoms in total. The van der Waals surface area contributed by atoms with Gasteiger partial charge in [-0.3, -0.25) is 4.99 Å². The Morgan fingerprint density at radius 1 is 1.41 bits per heavy atom. The summed E-state index contributed by atoms with van der Waals surface area (Å²) in [4.78, 5) is 11.7. The summed E-state index contributed by atoms with van der Waals surface area (Å²) in [5, 5.41) is 9.94. The fourth-order valence-corrected chi connectivity index (χ4v) is 3.25. The number of thiazole rings is 1. The van der Waals surface area contributed by atoms with E-state index in [4.69, 9.17) is 4.98 Å². The Morgan fingerprint density at radius 3 is 2.77 bits per heavy atom. The molecule has 1 aliphatic rings. The maximum Gasteiger partial charge on any atom is 0.191 e. The molecule has 7 heteroatoms. The Balaban J connectivity index is 0.00000242. The van der Waals surface area contributed by atoms with Crippen LogP contribution in [0.4, 0.5) is 5.13 Å². The summed E-state index contributed by atoms with van der Waals surface area (Å²) in [6.07, 6.45) is 3.50. The zero-order chi connectivity index (χ0) is 15.1. The Hall–Kier alpha value is -0.570. The third-order valence-corrected chi connectivity index (χ3v) is 4.27.